The number of hydrazine groups is 1. The first-order valence-corrected chi connectivity index (χ1v) is 7.29. The molecule has 2 rings (SSSR count). The summed E-state index contributed by atoms with van der Waals surface area (Å²) >= 11 is 9.13. The Bertz CT molecular complexity index is 629. The SMILES string of the molecule is CCc1cc(C(NN)c2ccc(Br)c(Cl)c2F)n(C)n1. The zero-order chi connectivity index (χ0) is 14.9. The Labute approximate surface area is 130 Å². The fourth-order valence-electron chi connectivity index (χ4n) is 2.08. The van der Waals surface area contributed by atoms with Crippen LogP contribution in [-0.4, -0.2) is 9.78 Å². The van der Waals surface area contributed by atoms with Crippen molar-refractivity contribution < 1.29 is 4.39 Å². The summed E-state index contributed by atoms with van der Waals surface area (Å²) in [7, 11) is 1.80. The molecular formula is C13H15BrClFN4. The van der Waals surface area contributed by atoms with E-state index < -0.39 is 11.9 Å². The molecule has 0 bridgehead atoms. The molecule has 0 saturated heterocycles. The second kappa shape index (κ2) is 6.22. The molecular weight excluding hydrogens is 347 g/mol. The van der Waals surface area contributed by atoms with E-state index in [9.17, 15) is 4.39 Å². The third kappa shape index (κ3) is 2.74. The number of nitrogens with zero attached hydrogens (tertiary/aromatic N) is 2. The number of aryl methyl sites for hydroxylation is 2. The molecule has 1 aromatic heterocycles. The van der Waals surface area contributed by atoms with E-state index in [4.69, 9.17) is 17.4 Å². The van der Waals surface area contributed by atoms with Gasteiger partial charge in [-0.15, -0.1) is 0 Å². The van der Waals surface area contributed by atoms with Gasteiger partial charge in [-0.1, -0.05) is 24.6 Å². The second-order valence-corrected chi connectivity index (χ2v) is 5.63. The molecule has 0 spiro atoms. The molecule has 1 unspecified atom stereocenters. The molecule has 20 heavy (non-hydrogen) atoms. The summed E-state index contributed by atoms with van der Waals surface area (Å²) in [5.74, 6) is 5.10. The van der Waals surface area contributed by atoms with E-state index in [1.165, 1.54) is 0 Å². The number of rotatable bonds is 4. The minimum Gasteiger partial charge on any atom is -0.271 e. The van der Waals surface area contributed by atoms with Crippen LogP contribution in [0.15, 0.2) is 22.7 Å². The zero-order valence-corrected chi connectivity index (χ0v) is 13.5. The third-order valence-corrected chi connectivity index (χ3v) is 4.43. The van der Waals surface area contributed by atoms with Crippen molar-refractivity contribution in [2.45, 2.75) is 19.4 Å². The normalized spacial score (nSPS) is 12.7. The summed E-state index contributed by atoms with van der Waals surface area (Å²) in [5.41, 5.74) is 4.71. The van der Waals surface area contributed by atoms with E-state index in [0.29, 0.717) is 10.0 Å². The Morgan fingerprint density at radius 1 is 1.55 bits per heavy atom. The molecule has 0 aliphatic heterocycles. The highest BCUT2D eigenvalue weighted by Gasteiger charge is 2.23. The van der Waals surface area contributed by atoms with Gasteiger partial charge in [0.25, 0.3) is 0 Å². The molecule has 0 aliphatic rings. The zero-order valence-electron chi connectivity index (χ0n) is 11.1. The monoisotopic (exact) mass is 360 g/mol. The molecule has 0 saturated carbocycles. The first-order valence-electron chi connectivity index (χ1n) is 6.11. The minimum absolute atomic E-state index is 0.0423. The molecule has 0 aliphatic carbocycles. The standard InChI is InChI=1S/C13H15BrClFN4/c1-3-7-6-10(20(2)19-7)13(18-17)8-4-5-9(14)11(15)12(8)16/h4-6,13,18H,3,17H2,1-2H3. The van der Waals surface area contributed by atoms with Crippen molar-refractivity contribution in [3.63, 3.8) is 0 Å². The molecule has 7 heteroatoms. The van der Waals surface area contributed by atoms with Crippen LogP contribution in [0.5, 0.6) is 0 Å². The minimum atomic E-state index is -0.515. The van der Waals surface area contributed by atoms with Gasteiger partial charge in [-0.2, -0.15) is 5.10 Å². The Kier molecular flexibility index (Phi) is 4.80. The van der Waals surface area contributed by atoms with Crippen LogP contribution in [0.3, 0.4) is 0 Å². The molecule has 1 aromatic carbocycles. The Morgan fingerprint density at radius 3 is 2.80 bits per heavy atom. The lowest BCUT2D eigenvalue weighted by atomic mass is 10.0. The topological polar surface area (TPSA) is 55.9 Å². The van der Waals surface area contributed by atoms with E-state index >= 15 is 0 Å². The Balaban J connectivity index is 2.52. The predicted molar refractivity (Wildman–Crippen MR) is 80.9 cm³/mol. The fraction of sp³-hybridized carbons (Fsp3) is 0.308. The van der Waals surface area contributed by atoms with Crippen molar-refractivity contribution in [2.24, 2.45) is 12.9 Å². The molecule has 0 radical (unpaired) electrons. The highest BCUT2D eigenvalue weighted by Crippen LogP contribution is 2.32. The van der Waals surface area contributed by atoms with E-state index in [1.807, 2.05) is 13.0 Å². The molecule has 0 amide bonds. The van der Waals surface area contributed by atoms with Gasteiger partial charge in [-0.05, 0) is 34.5 Å². The number of nitrogens with one attached hydrogen (secondary N) is 1. The van der Waals surface area contributed by atoms with Crippen molar-refractivity contribution in [2.75, 3.05) is 0 Å². The molecule has 1 heterocycles. The summed E-state index contributed by atoms with van der Waals surface area (Å²) < 4.78 is 16.5. The lowest BCUT2D eigenvalue weighted by molar-refractivity contribution is 0.532. The average molecular weight is 362 g/mol. The quantitative estimate of drug-likeness (QED) is 0.500. The van der Waals surface area contributed by atoms with Gasteiger partial charge in [0, 0.05) is 17.1 Å². The highest BCUT2D eigenvalue weighted by atomic mass is 79.9. The van der Waals surface area contributed by atoms with E-state index in [0.717, 1.165) is 17.8 Å². The van der Waals surface area contributed by atoms with Crippen molar-refractivity contribution in [3.8, 4) is 0 Å². The van der Waals surface area contributed by atoms with Crippen LogP contribution >= 0.6 is 27.5 Å². The van der Waals surface area contributed by atoms with Gasteiger partial charge in [-0.3, -0.25) is 10.5 Å². The third-order valence-electron chi connectivity index (χ3n) is 3.17. The van der Waals surface area contributed by atoms with Crippen LogP contribution in [0.25, 0.3) is 0 Å². The molecule has 2 aromatic rings. The second-order valence-electron chi connectivity index (χ2n) is 4.40. The van der Waals surface area contributed by atoms with Crippen molar-refractivity contribution >= 4 is 27.5 Å². The predicted octanol–water partition coefficient (Wildman–Crippen LogP) is 3.09. The van der Waals surface area contributed by atoms with E-state index in [1.54, 1.807) is 23.9 Å². The lowest BCUT2D eigenvalue weighted by Gasteiger charge is -2.18. The number of benzene rings is 1. The van der Waals surface area contributed by atoms with Gasteiger partial charge in [-0.25, -0.2) is 9.82 Å². The van der Waals surface area contributed by atoms with Crippen LogP contribution in [0, 0.1) is 5.82 Å². The summed E-state index contributed by atoms with van der Waals surface area (Å²) in [4.78, 5) is 0. The van der Waals surface area contributed by atoms with Crippen LogP contribution in [0.1, 0.15) is 29.9 Å². The first-order chi connectivity index (χ1) is 9.49. The summed E-state index contributed by atoms with van der Waals surface area (Å²) in [6.07, 6.45) is 0.800. The molecule has 0 fully saturated rings. The van der Waals surface area contributed by atoms with Gasteiger partial charge in [0.15, 0.2) is 0 Å². The van der Waals surface area contributed by atoms with Crippen LogP contribution in [-0.2, 0) is 13.5 Å². The summed E-state index contributed by atoms with van der Waals surface area (Å²) in [6, 6.07) is 4.73. The number of hydrogen-bond acceptors (Lipinski definition) is 3. The molecule has 1 atom stereocenters. The van der Waals surface area contributed by atoms with Gasteiger partial charge in [0.05, 0.1) is 22.5 Å². The smallest absolute Gasteiger partial charge is 0.148 e. The highest BCUT2D eigenvalue weighted by molar-refractivity contribution is 9.10. The van der Waals surface area contributed by atoms with Gasteiger partial charge >= 0.3 is 0 Å². The number of aromatic nitrogens is 2. The first kappa shape index (κ1) is 15.4. The maximum Gasteiger partial charge on any atom is 0.148 e. The number of halogens is 3. The van der Waals surface area contributed by atoms with E-state index in [-0.39, 0.29) is 5.02 Å². The lowest BCUT2D eigenvalue weighted by Crippen LogP contribution is -2.31. The van der Waals surface area contributed by atoms with Crippen molar-refractivity contribution in [1.29, 1.82) is 0 Å². The fourth-order valence-corrected chi connectivity index (χ4v) is 2.56. The molecule has 108 valence electrons. The Morgan fingerprint density at radius 2 is 2.25 bits per heavy atom. The summed E-state index contributed by atoms with van der Waals surface area (Å²) in [5, 5.41) is 4.39. The summed E-state index contributed by atoms with van der Waals surface area (Å²) in [6.45, 7) is 2.01. The average Bonchev–Trinajstić information content (AvgIpc) is 2.81. The number of nitrogens with two attached hydrogens (primary N) is 1. The largest absolute Gasteiger partial charge is 0.271 e. The van der Waals surface area contributed by atoms with Crippen LogP contribution in [0.4, 0.5) is 4.39 Å². The molecule has 4 nitrogen and oxygen atoms in total. The maximum absolute atomic E-state index is 14.3. The number of hydrogen-bond donors (Lipinski definition) is 2. The van der Waals surface area contributed by atoms with Crippen molar-refractivity contribution in [1.82, 2.24) is 15.2 Å². The van der Waals surface area contributed by atoms with Crippen LogP contribution < -0.4 is 11.3 Å². The van der Waals surface area contributed by atoms with Crippen LogP contribution in [0.2, 0.25) is 5.02 Å². The van der Waals surface area contributed by atoms with Gasteiger partial charge < -0.3 is 0 Å². The van der Waals surface area contributed by atoms with Crippen molar-refractivity contribution in [3.05, 3.63) is 50.5 Å². The molecule has 3 N–H and O–H groups in total. The van der Waals surface area contributed by atoms with E-state index in [2.05, 4.69) is 26.5 Å². The van der Waals surface area contributed by atoms with Gasteiger partial charge in [0.1, 0.15) is 5.82 Å². The van der Waals surface area contributed by atoms with Gasteiger partial charge in [0.2, 0.25) is 0 Å². The Hall–Kier alpha value is -0.950. The maximum atomic E-state index is 14.3.